The summed E-state index contributed by atoms with van der Waals surface area (Å²) >= 11 is 7.70. The van der Waals surface area contributed by atoms with Crippen molar-refractivity contribution in [2.75, 3.05) is 43.6 Å². The molecule has 0 fully saturated rings. The number of anilines is 1. The molecule has 0 aliphatic rings. The van der Waals surface area contributed by atoms with Crippen molar-refractivity contribution in [1.82, 2.24) is 4.90 Å². The van der Waals surface area contributed by atoms with Crippen LogP contribution in [0.3, 0.4) is 0 Å². The molecule has 0 saturated carbocycles. The maximum Gasteiger partial charge on any atom is 0.234 e. The fourth-order valence-corrected chi connectivity index (χ4v) is 2.96. The van der Waals surface area contributed by atoms with Crippen LogP contribution < -0.4 is 10.1 Å². The summed E-state index contributed by atoms with van der Waals surface area (Å²) in [4.78, 5) is 14.4. The topological polar surface area (TPSA) is 41.6 Å². The van der Waals surface area contributed by atoms with E-state index in [1.54, 1.807) is 24.9 Å². The van der Waals surface area contributed by atoms with Gasteiger partial charge in [-0.15, -0.1) is 0 Å². The standard InChI is InChI=1S/C16H25ClN2O2S/c1-5-19(6-2)7-8-22-11-16(20)18-14-9-12(3)13(17)10-15(14)21-4/h9-10H,5-8,11H2,1-4H3,(H,18,20). The Hall–Kier alpha value is -0.910. The van der Waals surface area contributed by atoms with Gasteiger partial charge in [-0.2, -0.15) is 11.8 Å². The van der Waals surface area contributed by atoms with Gasteiger partial charge in [-0.05, 0) is 31.6 Å². The van der Waals surface area contributed by atoms with Crippen molar-refractivity contribution in [2.24, 2.45) is 0 Å². The maximum absolute atomic E-state index is 12.0. The molecule has 0 unspecified atom stereocenters. The zero-order valence-corrected chi connectivity index (χ0v) is 15.3. The van der Waals surface area contributed by atoms with E-state index in [0.29, 0.717) is 22.2 Å². The van der Waals surface area contributed by atoms with Gasteiger partial charge >= 0.3 is 0 Å². The van der Waals surface area contributed by atoms with E-state index >= 15 is 0 Å². The lowest BCUT2D eigenvalue weighted by atomic mass is 10.2. The number of nitrogens with one attached hydrogen (secondary N) is 1. The third kappa shape index (κ3) is 6.07. The number of ether oxygens (including phenoxy) is 1. The van der Waals surface area contributed by atoms with Crippen molar-refractivity contribution >= 4 is 35.0 Å². The number of nitrogens with zero attached hydrogens (tertiary/aromatic N) is 1. The monoisotopic (exact) mass is 344 g/mol. The summed E-state index contributed by atoms with van der Waals surface area (Å²) in [6, 6.07) is 3.56. The van der Waals surface area contributed by atoms with E-state index in [9.17, 15) is 4.79 Å². The molecule has 1 aromatic rings. The van der Waals surface area contributed by atoms with E-state index in [4.69, 9.17) is 16.3 Å². The van der Waals surface area contributed by atoms with Gasteiger partial charge in [0, 0.05) is 23.4 Å². The lowest BCUT2D eigenvalue weighted by Gasteiger charge is -2.17. The second-order valence-electron chi connectivity index (χ2n) is 4.93. The Morgan fingerprint density at radius 1 is 1.36 bits per heavy atom. The molecule has 1 N–H and O–H groups in total. The van der Waals surface area contributed by atoms with Crippen LogP contribution in [0.2, 0.25) is 5.02 Å². The van der Waals surface area contributed by atoms with E-state index in [2.05, 4.69) is 24.1 Å². The average molecular weight is 345 g/mol. The van der Waals surface area contributed by atoms with Gasteiger partial charge in [0.05, 0.1) is 18.6 Å². The minimum atomic E-state index is -0.0235. The highest BCUT2D eigenvalue weighted by atomic mass is 35.5. The van der Waals surface area contributed by atoms with Gasteiger partial charge in [0.15, 0.2) is 0 Å². The fraction of sp³-hybridized carbons (Fsp3) is 0.562. The highest BCUT2D eigenvalue weighted by Crippen LogP contribution is 2.30. The second kappa shape index (κ2) is 9.98. The molecule has 1 aromatic carbocycles. The summed E-state index contributed by atoms with van der Waals surface area (Å²) in [5.41, 5.74) is 1.57. The van der Waals surface area contributed by atoms with E-state index in [1.165, 1.54) is 0 Å². The molecule has 0 aliphatic heterocycles. The van der Waals surface area contributed by atoms with Gasteiger partial charge in [0.2, 0.25) is 5.91 Å². The first kappa shape index (κ1) is 19.1. The largest absolute Gasteiger partial charge is 0.495 e. The molecule has 1 rings (SSSR count). The SMILES string of the molecule is CCN(CC)CCSCC(=O)Nc1cc(C)c(Cl)cc1OC. The molecular formula is C16H25ClN2O2S. The average Bonchev–Trinajstić information content (AvgIpc) is 2.50. The summed E-state index contributed by atoms with van der Waals surface area (Å²) in [5.74, 6) is 1.94. The predicted molar refractivity (Wildman–Crippen MR) is 96.5 cm³/mol. The number of rotatable bonds is 9. The fourth-order valence-electron chi connectivity index (χ4n) is 2.01. The summed E-state index contributed by atoms with van der Waals surface area (Å²) in [7, 11) is 1.56. The second-order valence-corrected chi connectivity index (χ2v) is 6.44. The summed E-state index contributed by atoms with van der Waals surface area (Å²) < 4.78 is 5.26. The van der Waals surface area contributed by atoms with Crippen LogP contribution in [0.4, 0.5) is 5.69 Å². The normalized spacial score (nSPS) is 10.8. The van der Waals surface area contributed by atoms with E-state index in [1.807, 2.05) is 13.0 Å². The van der Waals surface area contributed by atoms with Crippen LogP contribution in [0, 0.1) is 6.92 Å². The molecule has 6 heteroatoms. The molecule has 0 radical (unpaired) electrons. The van der Waals surface area contributed by atoms with Crippen LogP contribution >= 0.6 is 23.4 Å². The van der Waals surface area contributed by atoms with Crippen LogP contribution in [0.1, 0.15) is 19.4 Å². The first-order valence-electron chi connectivity index (χ1n) is 7.45. The molecule has 0 aromatic heterocycles. The summed E-state index contributed by atoms with van der Waals surface area (Å²) in [6.45, 7) is 9.30. The van der Waals surface area contributed by atoms with Crippen molar-refractivity contribution in [1.29, 1.82) is 0 Å². The maximum atomic E-state index is 12.0. The van der Waals surface area contributed by atoms with Crippen molar-refractivity contribution in [3.8, 4) is 5.75 Å². The molecule has 0 bridgehead atoms. The van der Waals surface area contributed by atoms with Crippen molar-refractivity contribution in [2.45, 2.75) is 20.8 Å². The third-order valence-electron chi connectivity index (χ3n) is 3.43. The lowest BCUT2D eigenvalue weighted by molar-refractivity contribution is -0.113. The molecule has 0 atom stereocenters. The Morgan fingerprint density at radius 3 is 2.64 bits per heavy atom. The highest BCUT2D eigenvalue weighted by Gasteiger charge is 2.10. The number of aryl methyl sites for hydroxylation is 1. The van der Waals surface area contributed by atoms with E-state index in [0.717, 1.165) is 31.0 Å². The van der Waals surface area contributed by atoms with Gasteiger partial charge in [0.1, 0.15) is 5.75 Å². The number of halogens is 1. The minimum absolute atomic E-state index is 0.0235. The molecule has 0 aliphatic carbocycles. The zero-order valence-electron chi connectivity index (χ0n) is 13.7. The van der Waals surface area contributed by atoms with Gasteiger partial charge in [0.25, 0.3) is 0 Å². The Morgan fingerprint density at radius 2 is 2.05 bits per heavy atom. The highest BCUT2D eigenvalue weighted by molar-refractivity contribution is 7.99. The van der Waals surface area contributed by atoms with Crippen LogP contribution in [0.25, 0.3) is 0 Å². The molecule has 4 nitrogen and oxygen atoms in total. The molecule has 0 spiro atoms. The summed E-state index contributed by atoms with van der Waals surface area (Å²) in [5, 5.41) is 3.52. The molecule has 0 saturated heterocycles. The summed E-state index contributed by atoms with van der Waals surface area (Å²) in [6.07, 6.45) is 0. The smallest absolute Gasteiger partial charge is 0.234 e. The number of hydrogen-bond acceptors (Lipinski definition) is 4. The van der Waals surface area contributed by atoms with Crippen LogP contribution in [-0.2, 0) is 4.79 Å². The number of carbonyl (C=O) groups is 1. The van der Waals surface area contributed by atoms with Crippen molar-refractivity contribution in [3.63, 3.8) is 0 Å². The molecule has 0 heterocycles. The first-order valence-corrected chi connectivity index (χ1v) is 8.99. The number of methoxy groups -OCH3 is 1. The molecular weight excluding hydrogens is 320 g/mol. The van der Waals surface area contributed by atoms with E-state index < -0.39 is 0 Å². The Labute approximate surface area is 142 Å². The Bertz CT molecular complexity index is 493. The van der Waals surface area contributed by atoms with Crippen LogP contribution in [0.15, 0.2) is 12.1 Å². The minimum Gasteiger partial charge on any atom is -0.495 e. The van der Waals surface area contributed by atoms with Gasteiger partial charge in [-0.3, -0.25) is 4.79 Å². The zero-order chi connectivity index (χ0) is 16.5. The Kier molecular flexibility index (Phi) is 8.68. The number of benzene rings is 1. The van der Waals surface area contributed by atoms with Crippen LogP contribution in [0.5, 0.6) is 5.75 Å². The first-order chi connectivity index (χ1) is 10.5. The van der Waals surface area contributed by atoms with Crippen molar-refractivity contribution in [3.05, 3.63) is 22.7 Å². The van der Waals surface area contributed by atoms with Gasteiger partial charge in [-0.1, -0.05) is 25.4 Å². The molecule has 22 heavy (non-hydrogen) atoms. The third-order valence-corrected chi connectivity index (χ3v) is 4.78. The Balaban J connectivity index is 2.47. The molecule has 1 amide bonds. The molecule has 124 valence electrons. The van der Waals surface area contributed by atoms with Crippen LogP contribution in [-0.4, -0.2) is 49.1 Å². The quantitative estimate of drug-likeness (QED) is 0.694. The van der Waals surface area contributed by atoms with E-state index in [-0.39, 0.29) is 5.91 Å². The number of hydrogen-bond donors (Lipinski definition) is 1. The lowest BCUT2D eigenvalue weighted by Crippen LogP contribution is -2.26. The van der Waals surface area contributed by atoms with Gasteiger partial charge in [-0.25, -0.2) is 0 Å². The number of amides is 1. The van der Waals surface area contributed by atoms with Gasteiger partial charge < -0.3 is 15.0 Å². The number of thioether (sulfide) groups is 1. The predicted octanol–water partition coefficient (Wildman–Crippen LogP) is 3.67. The van der Waals surface area contributed by atoms with Crippen molar-refractivity contribution < 1.29 is 9.53 Å². The number of carbonyl (C=O) groups excluding carboxylic acids is 1.